The normalized spacial score (nSPS) is 16.2. The van der Waals surface area contributed by atoms with Gasteiger partial charge in [0, 0.05) is 6.20 Å². The third kappa shape index (κ3) is 1.25. The molecule has 0 saturated carbocycles. The molecule has 68 valence electrons. The second kappa shape index (κ2) is 2.88. The average Bonchev–Trinajstić information content (AvgIpc) is 2.52. The first-order chi connectivity index (χ1) is 6.29. The lowest BCUT2D eigenvalue weighted by atomic mass is 10.5. The molecule has 0 bridgehead atoms. The van der Waals surface area contributed by atoms with Crippen LogP contribution in [0.5, 0.6) is 0 Å². The van der Waals surface area contributed by atoms with Crippen molar-refractivity contribution in [2.75, 3.05) is 10.7 Å². The number of hydrogen-bond donors (Lipinski definition) is 2. The van der Waals surface area contributed by atoms with Crippen LogP contribution in [0.15, 0.2) is 24.9 Å². The van der Waals surface area contributed by atoms with Crippen molar-refractivity contribution < 1.29 is 0 Å². The summed E-state index contributed by atoms with van der Waals surface area (Å²) < 4.78 is 0. The van der Waals surface area contributed by atoms with Crippen molar-refractivity contribution >= 4 is 11.5 Å². The van der Waals surface area contributed by atoms with E-state index in [1.807, 2.05) is 0 Å². The summed E-state index contributed by atoms with van der Waals surface area (Å²) in [6.45, 7) is 0. The maximum absolute atomic E-state index is 5.64. The zero-order chi connectivity index (χ0) is 9.26. The summed E-state index contributed by atoms with van der Waals surface area (Å²) in [5, 5.41) is 2.65. The van der Waals surface area contributed by atoms with Crippen LogP contribution in [-0.2, 0) is 0 Å². The number of nitrogens with zero attached hydrogens (tertiary/aromatic N) is 5. The lowest BCUT2D eigenvalue weighted by Gasteiger charge is -2.32. The van der Waals surface area contributed by atoms with E-state index in [4.69, 9.17) is 11.6 Å². The van der Waals surface area contributed by atoms with Gasteiger partial charge in [-0.1, -0.05) is 0 Å². The monoisotopic (exact) mass is 178 g/mol. The molecule has 1 aliphatic heterocycles. The molecule has 0 aliphatic carbocycles. The molecule has 2 heterocycles. The van der Waals surface area contributed by atoms with Crippen molar-refractivity contribution in [2.45, 2.75) is 0 Å². The maximum Gasteiger partial charge on any atom is 0.173 e. The molecule has 1 aromatic heterocycles. The lowest BCUT2D eigenvalue weighted by Crippen LogP contribution is -2.38. The molecule has 0 radical (unpaired) electrons. The fraction of sp³-hybridized carbons (Fsp3) is 0. The molecule has 0 unspecified atom stereocenters. The number of anilines is 2. The Bertz CT molecular complexity index is 336. The van der Waals surface area contributed by atoms with E-state index in [0.717, 1.165) is 5.23 Å². The highest BCUT2D eigenvalue weighted by Gasteiger charge is 2.11. The molecule has 1 aromatic rings. The zero-order valence-electron chi connectivity index (χ0n) is 6.70. The summed E-state index contributed by atoms with van der Waals surface area (Å²) in [6.07, 6.45) is 6.09. The minimum Gasteiger partial charge on any atom is -0.591 e. The number of aromatic nitrogens is 2. The lowest BCUT2D eigenvalue weighted by molar-refractivity contribution is 0.390. The molecule has 4 N–H and O–H groups in total. The van der Waals surface area contributed by atoms with Gasteiger partial charge in [-0.3, -0.25) is 10.9 Å². The highest BCUT2D eigenvalue weighted by atomic mass is 15.9. The minimum atomic E-state index is 0.444. The fourth-order valence-electron chi connectivity index (χ4n) is 0.978. The van der Waals surface area contributed by atoms with E-state index in [2.05, 4.69) is 15.4 Å². The molecule has 1 aliphatic rings. The van der Waals surface area contributed by atoms with E-state index in [9.17, 15) is 0 Å². The molecule has 13 heavy (non-hydrogen) atoms. The Balaban J connectivity index is 2.35. The third-order valence-corrected chi connectivity index (χ3v) is 1.55. The average molecular weight is 178 g/mol. The van der Waals surface area contributed by atoms with E-state index >= 15 is 0 Å². The zero-order valence-corrected chi connectivity index (χ0v) is 6.70. The summed E-state index contributed by atoms with van der Waals surface area (Å²) in [4.78, 5) is 7.73. The number of rotatable bonds is 1. The molecule has 7 nitrogen and oxygen atoms in total. The molecular weight excluding hydrogens is 170 g/mol. The van der Waals surface area contributed by atoms with E-state index in [0.29, 0.717) is 11.5 Å². The van der Waals surface area contributed by atoms with Crippen LogP contribution in [0.3, 0.4) is 0 Å². The van der Waals surface area contributed by atoms with Crippen LogP contribution in [0.25, 0.3) is 5.43 Å². The quantitative estimate of drug-likeness (QED) is 0.574. The summed E-state index contributed by atoms with van der Waals surface area (Å²) >= 11 is 0. The third-order valence-electron chi connectivity index (χ3n) is 1.55. The van der Waals surface area contributed by atoms with E-state index in [1.54, 1.807) is 12.4 Å². The van der Waals surface area contributed by atoms with E-state index in [1.165, 1.54) is 17.5 Å². The van der Waals surface area contributed by atoms with E-state index in [-0.39, 0.29) is 0 Å². The summed E-state index contributed by atoms with van der Waals surface area (Å²) in [5.41, 5.74) is 9.86. The van der Waals surface area contributed by atoms with Crippen LogP contribution in [0.1, 0.15) is 0 Å². The Morgan fingerprint density at radius 1 is 1.46 bits per heavy atom. The van der Waals surface area contributed by atoms with Crippen LogP contribution >= 0.6 is 0 Å². The van der Waals surface area contributed by atoms with Gasteiger partial charge in [0.1, 0.15) is 6.33 Å². The highest BCUT2D eigenvalue weighted by molar-refractivity contribution is 5.62. The Morgan fingerprint density at radius 3 is 2.92 bits per heavy atom. The van der Waals surface area contributed by atoms with Gasteiger partial charge < -0.3 is 11.2 Å². The van der Waals surface area contributed by atoms with Gasteiger partial charge in [0.05, 0.1) is 11.9 Å². The molecule has 0 atom stereocenters. The number of nitrogens with two attached hydrogens (primary N) is 2. The summed E-state index contributed by atoms with van der Waals surface area (Å²) in [6, 6.07) is 0. The first kappa shape index (κ1) is 7.77. The van der Waals surface area contributed by atoms with Crippen LogP contribution in [0, 0.1) is 0 Å². The second-order valence-corrected chi connectivity index (χ2v) is 2.38. The van der Waals surface area contributed by atoms with Crippen molar-refractivity contribution in [3.8, 4) is 0 Å². The second-order valence-electron chi connectivity index (χ2n) is 2.38. The number of hydrogen-bond acceptors (Lipinski definition) is 6. The van der Waals surface area contributed by atoms with Gasteiger partial charge in [0.25, 0.3) is 0 Å². The van der Waals surface area contributed by atoms with Gasteiger partial charge in [0.2, 0.25) is 0 Å². The maximum atomic E-state index is 5.64. The van der Waals surface area contributed by atoms with Crippen LogP contribution in [0.4, 0.5) is 11.5 Å². The predicted molar refractivity (Wildman–Crippen MR) is 47.4 cm³/mol. The molecule has 7 heteroatoms. The van der Waals surface area contributed by atoms with Crippen LogP contribution in [-0.4, -0.2) is 15.2 Å². The molecule has 2 rings (SSSR count). The fourth-order valence-corrected chi connectivity index (χ4v) is 0.978. The van der Waals surface area contributed by atoms with Crippen molar-refractivity contribution in [1.82, 2.24) is 15.2 Å². The number of nitrogen functional groups attached to an aromatic ring is 1. The molecule has 0 amide bonds. The SMILES string of the molecule is Nc1cncnc1N1C=C[N-]N1N. The van der Waals surface area contributed by atoms with Gasteiger partial charge in [-0.05, 0) is 0 Å². The van der Waals surface area contributed by atoms with Crippen LogP contribution < -0.4 is 16.6 Å². The van der Waals surface area contributed by atoms with Crippen molar-refractivity contribution in [3.63, 3.8) is 0 Å². The first-order valence-corrected chi connectivity index (χ1v) is 3.56. The van der Waals surface area contributed by atoms with Crippen LogP contribution in [0.2, 0.25) is 0 Å². The van der Waals surface area contributed by atoms with Crippen molar-refractivity contribution in [3.05, 3.63) is 30.3 Å². The summed E-state index contributed by atoms with van der Waals surface area (Å²) in [7, 11) is 0. The molecular formula is C6H8N7-. The van der Waals surface area contributed by atoms with Crippen molar-refractivity contribution in [2.24, 2.45) is 5.84 Å². The first-order valence-electron chi connectivity index (χ1n) is 3.56. The van der Waals surface area contributed by atoms with Gasteiger partial charge in [-0.15, -0.1) is 6.20 Å². The van der Waals surface area contributed by atoms with Gasteiger partial charge in [0.15, 0.2) is 5.82 Å². The topological polar surface area (TPSA) is 98.4 Å². The number of hydrazine groups is 2. The minimum absolute atomic E-state index is 0.444. The molecule has 0 fully saturated rings. The standard InChI is InChI=1S/C6H8N7/c7-5-3-9-4-10-6(5)12-2-1-11-13(12)8/h1-4H,7-8H2/q-1. The Labute approximate surface area is 74.6 Å². The molecule has 0 aromatic carbocycles. The van der Waals surface area contributed by atoms with Gasteiger partial charge >= 0.3 is 0 Å². The molecule has 0 spiro atoms. The summed E-state index contributed by atoms with van der Waals surface area (Å²) in [5.74, 6) is 6.00. The Hall–Kier alpha value is -1.86. The van der Waals surface area contributed by atoms with E-state index < -0.39 is 0 Å². The largest absolute Gasteiger partial charge is 0.591 e. The molecule has 0 saturated heterocycles. The highest BCUT2D eigenvalue weighted by Crippen LogP contribution is 2.23. The Morgan fingerprint density at radius 2 is 2.31 bits per heavy atom. The Kier molecular flexibility index (Phi) is 1.72. The van der Waals surface area contributed by atoms with Crippen molar-refractivity contribution in [1.29, 1.82) is 0 Å². The smallest absolute Gasteiger partial charge is 0.173 e. The van der Waals surface area contributed by atoms with Gasteiger partial charge in [-0.25, -0.2) is 15.2 Å². The predicted octanol–water partition coefficient (Wildman–Crippen LogP) is -0.271. The van der Waals surface area contributed by atoms with Gasteiger partial charge in [-0.2, -0.15) is 0 Å².